The lowest BCUT2D eigenvalue weighted by atomic mass is 9.90. The van der Waals surface area contributed by atoms with Crippen LogP contribution in [0.15, 0.2) is 48.7 Å². The summed E-state index contributed by atoms with van der Waals surface area (Å²) in [4.78, 5) is 2.40. The highest BCUT2D eigenvalue weighted by atomic mass is 19.1. The zero-order valence-corrected chi connectivity index (χ0v) is 15.8. The predicted molar refractivity (Wildman–Crippen MR) is 104 cm³/mol. The largest absolute Gasteiger partial charge is 0.497 e. The second kappa shape index (κ2) is 8.10. The van der Waals surface area contributed by atoms with Gasteiger partial charge in [0.1, 0.15) is 17.4 Å². The minimum absolute atomic E-state index is 0.231. The molecule has 146 valence electrons. The van der Waals surface area contributed by atoms with E-state index in [1.54, 1.807) is 13.3 Å². The van der Waals surface area contributed by atoms with Crippen LogP contribution in [0.4, 0.5) is 8.78 Å². The Balaban J connectivity index is 1.51. The number of methoxy groups -OCH3 is 1. The minimum atomic E-state index is -0.574. The van der Waals surface area contributed by atoms with Crippen LogP contribution in [0.2, 0.25) is 0 Å². The van der Waals surface area contributed by atoms with Crippen molar-refractivity contribution in [1.29, 1.82) is 0 Å². The van der Waals surface area contributed by atoms with Gasteiger partial charge in [0.05, 0.1) is 13.3 Å². The van der Waals surface area contributed by atoms with Crippen molar-refractivity contribution >= 4 is 0 Å². The van der Waals surface area contributed by atoms with E-state index in [1.165, 1.54) is 17.7 Å². The molecule has 0 aliphatic carbocycles. The molecule has 0 amide bonds. The van der Waals surface area contributed by atoms with Crippen molar-refractivity contribution in [2.24, 2.45) is 0 Å². The molecule has 4 rings (SSSR count). The minimum Gasteiger partial charge on any atom is -0.497 e. The SMILES string of the molecule is COc1ccc(CN2CCC[C@@H](c3[nH]ncc3-c3ccc(F)cc3F)C2)cc1. The monoisotopic (exact) mass is 383 g/mol. The Kier molecular flexibility index (Phi) is 5.39. The van der Waals surface area contributed by atoms with Gasteiger partial charge in [0.25, 0.3) is 0 Å². The lowest BCUT2D eigenvalue weighted by Crippen LogP contribution is -2.34. The molecule has 4 nitrogen and oxygen atoms in total. The molecule has 2 heterocycles. The van der Waals surface area contributed by atoms with E-state index < -0.39 is 11.6 Å². The smallest absolute Gasteiger partial charge is 0.134 e. The van der Waals surface area contributed by atoms with Gasteiger partial charge in [-0.2, -0.15) is 5.10 Å². The summed E-state index contributed by atoms with van der Waals surface area (Å²) in [5.74, 6) is -0.0548. The number of nitrogens with one attached hydrogen (secondary N) is 1. The summed E-state index contributed by atoms with van der Waals surface area (Å²) in [6.45, 7) is 2.75. The van der Waals surface area contributed by atoms with Crippen LogP contribution in [0.1, 0.15) is 30.0 Å². The average Bonchev–Trinajstić information content (AvgIpc) is 3.18. The summed E-state index contributed by atoms with van der Waals surface area (Å²) in [5.41, 5.74) is 3.26. The van der Waals surface area contributed by atoms with Gasteiger partial charge < -0.3 is 4.74 Å². The Hall–Kier alpha value is -2.73. The first-order valence-corrected chi connectivity index (χ1v) is 9.48. The molecule has 2 aromatic carbocycles. The van der Waals surface area contributed by atoms with Gasteiger partial charge in [-0.15, -0.1) is 0 Å². The lowest BCUT2D eigenvalue weighted by molar-refractivity contribution is 0.198. The van der Waals surface area contributed by atoms with Crippen LogP contribution in [0.25, 0.3) is 11.1 Å². The second-order valence-corrected chi connectivity index (χ2v) is 7.24. The van der Waals surface area contributed by atoms with Gasteiger partial charge in [0.15, 0.2) is 0 Å². The molecule has 0 unspecified atom stereocenters. The Morgan fingerprint density at radius 1 is 1.14 bits per heavy atom. The van der Waals surface area contributed by atoms with E-state index >= 15 is 0 Å². The highest BCUT2D eigenvalue weighted by Gasteiger charge is 2.26. The van der Waals surface area contributed by atoms with E-state index in [1.807, 2.05) is 12.1 Å². The lowest BCUT2D eigenvalue weighted by Gasteiger charge is -2.32. The number of rotatable bonds is 5. The van der Waals surface area contributed by atoms with Crippen molar-refractivity contribution < 1.29 is 13.5 Å². The Labute approximate surface area is 163 Å². The van der Waals surface area contributed by atoms with Crippen molar-refractivity contribution in [2.45, 2.75) is 25.3 Å². The third-order valence-electron chi connectivity index (χ3n) is 5.37. The van der Waals surface area contributed by atoms with Gasteiger partial charge >= 0.3 is 0 Å². The summed E-state index contributed by atoms with van der Waals surface area (Å²) in [7, 11) is 1.66. The summed E-state index contributed by atoms with van der Waals surface area (Å²) in [6.07, 6.45) is 3.70. The number of halogens is 2. The number of aromatic nitrogens is 2. The number of hydrogen-bond donors (Lipinski definition) is 1. The van der Waals surface area contributed by atoms with Crippen LogP contribution in [0.3, 0.4) is 0 Å². The topological polar surface area (TPSA) is 41.1 Å². The molecule has 1 fully saturated rings. The Morgan fingerprint density at radius 3 is 2.71 bits per heavy atom. The molecule has 6 heteroatoms. The molecule has 0 spiro atoms. The first-order chi connectivity index (χ1) is 13.6. The molecule has 1 N–H and O–H groups in total. The number of nitrogens with zero attached hydrogens (tertiary/aromatic N) is 2. The number of H-pyrrole nitrogens is 1. The highest BCUT2D eigenvalue weighted by Crippen LogP contribution is 2.34. The van der Waals surface area contributed by atoms with Gasteiger partial charge in [-0.1, -0.05) is 12.1 Å². The zero-order valence-electron chi connectivity index (χ0n) is 15.8. The number of ether oxygens (including phenoxy) is 1. The fourth-order valence-corrected chi connectivity index (χ4v) is 3.95. The van der Waals surface area contributed by atoms with Gasteiger partial charge in [0.2, 0.25) is 0 Å². The van der Waals surface area contributed by atoms with E-state index in [0.717, 1.165) is 50.0 Å². The van der Waals surface area contributed by atoms with Crippen molar-refractivity contribution in [3.63, 3.8) is 0 Å². The van der Waals surface area contributed by atoms with Crippen LogP contribution in [0, 0.1) is 11.6 Å². The van der Waals surface area contributed by atoms with E-state index in [2.05, 4.69) is 27.2 Å². The molecule has 1 aliphatic rings. The molecule has 0 radical (unpaired) electrons. The van der Waals surface area contributed by atoms with Crippen molar-refractivity contribution in [3.8, 4) is 16.9 Å². The molecule has 1 atom stereocenters. The number of piperidine rings is 1. The molecule has 0 saturated carbocycles. The summed E-state index contributed by atoms with van der Waals surface area (Å²) in [6, 6.07) is 11.8. The van der Waals surface area contributed by atoms with E-state index in [-0.39, 0.29) is 5.92 Å². The van der Waals surface area contributed by atoms with Crippen molar-refractivity contribution in [1.82, 2.24) is 15.1 Å². The third-order valence-corrected chi connectivity index (χ3v) is 5.37. The molecule has 0 bridgehead atoms. The standard InChI is InChI=1S/C22H23F2N3O/c1-28-18-7-4-15(5-8-18)13-27-10-2-3-16(14-27)22-20(12-25-26-22)19-9-6-17(23)11-21(19)24/h4-9,11-12,16H,2-3,10,13-14H2,1H3,(H,25,26)/t16-/m1/s1. The van der Waals surface area contributed by atoms with Crippen LogP contribution in [-0.2, 0) is 6.54 Å². The maximum atomic E-state index is 14.3. The van der Waals surface area contributed by atoms with Crippen LogP contribution >= 0.6 is 0 Å². The fourth-order valence-electron chi connectivity index (χ4n) is 3.95. The van der Waals surface area contributed by atoms with E-state index in [9.17, 15) is 8.78 Å². The number of likely N-dealkylation sites (tertiary alicyclic amines) is 1. The second-order valence-electron chi connectivity index (χ2n) is 7.24. The maximum Gasteiger partial charge on any atom is 0.134 e. The average molecular weight is 383 g/mol. The van der Waals surface area contributed by atoms with Crippen LogP contribution < -0.4 is 4.74 Å². The van der Waals surface area contributed by atoms with Crippen LogP contribution in [0.5, 0.6) is 5.75 Å². The third kappa shape index (κ3) is 3.92. The Bertz CT molecular complexity index is 939. The van der Waals surface area contributed by atoms with Crippen molar-refractivity contribution in [3.05, 3.63) is 71.6 Å². The first kappa shape index (κ1) is 18.6. The normalized spacial score (nSPS) is 17.6. The summed E-state index contributed by atoms with van der Waals surface area (Å²) < 4.78 is 32.8. The number of hydrogen-bond acceptors (Lipinski definition) is 3. The molecule has 28 heavy (non-hydrogen) atoms. The maximum absolute atomic E-state index is 14.3. The number of aromatic amines is 1. The summed E-state index contributed by atoms with van der Waals surface area (Å²) in [5, 5.41) is 7.21. The predicted octanol–water partition coefficient (Wildman–Crippen LogP) is 4.74. The highest BCUT2D eigenvalue weighted by molar-refractivity contribution is 5.66. The zero-order chi connectivity index (χ0) is 19.5. The first-order valence-electron chi connectivity index (χ1n) is 9.48. The van der Waals surface area contributed by atoms with Gasteiger partial charge in [-0.25, -0.2) is 8.78 Å². The van der Waals surface area contributed by atoms with Crippen molar-refractivity contribution in [2.75, 3.05) is 20.2 Å². The van der Waals surface area contributed by atoms with Crippen LogP contribution in [-0.4, -0.2) is 35.3 Å². The molecule has 1 aliphatic heterocycles. The molecular weight excluding hydrogens is 360 g/mol. The quantitative estimate of drug-likeness (QED) is 0.692. The summed E-state index contributed by atoms with van der Waals surface area (Å²) >= 11 is 0. The van der Waals surface area contributed by atoms with Gasteiger partial charge in [-0.3, -0.25) is 10.00 Å². The molecule has 1 saturated heterocycles. The fraction of sp³-hybridized carbons (Fsp3) is 0.318. The van der Waals surface area contributed by atoms with Gasteiger partial charge in [0, 0.05) is 41.9 Å². The Morgan fingerprint density at radius 2 is 1.96 bits per heavy atom. The molecule has 3 aromatic rings. The van der Waals surface area contributed by atoms with Gasteiger partial charge in [-0.05, 0) is 49.2 Å². The number of benzene rings is 2. The molecular formula is C22H23F2N3O. The van der Waals surface area contributed by atoms with E-state index in [4.69, 9.17) is 4.74 Å². The van der Waals surface area contributed by atoms with E-state index in [0.29, 0.717) is 11.1 Å². The molecule has 1 aromatic heterocycles.